The molecule has 1 heterocycles. The minimum atomic E-state index is -0.284. The van der Waals surface area contributed by atoms with Gasteiger partial charge in [0.05, 0.1) is 18.8 Å². The van der Waals surface area contributed by atoms with Crippen LogP contribution in [-0.2, 0) is 9.47 Å². The van der Waals surface area contributed by atoms with Crippen molar-refractivity contribution < 1.29 is 9.47 Å². The second-order valence-electron chi connectivity index (χ2n) is 4.35. The highest BCUT2D eigenvalue weighted by atomic mass is 16.7. The van der Waals surface area contributed by atoms with Gasteiger partial charge in [0.2, 0.25) is 0 Å². The Hall–Kier alpha value is -0.120. The number of nitrogens with two attached hydrogens (primary N) is 1. The van der Waals surface area contributed by atoms with Crippen LogP contribution in [0.15, 0.2) is 0 Å². The molecule has 0 bridgehead atoms. The summed E-state index contributed by atoms with van der Waals surface area (Å²) >= 11 is 0. The van der Waals surface area contributed by atoms with Gasteiger partial charge in [0.25, 0.3) is 0 Å². The van der Waals surface area contributed by atoms with Gasteiger partial charge >= 0.3 is 0 Å². The Morgan fingerprint density at radius 2 is 1.58 bits per heavy atom. The van der Waals surface area contributed by atoms with Gasteiger partial charge in [0.15, 0.2) is 5.79 Å². The van der Waals surface area contributed by atoms with Gasteiger partial charge in [-0.05, 0) is 19.8 Å². The molecular formula is C9H17NO2. The zero-order valence-corrected chi connectivity index (χ0v) is 7.64. The zero-order valence-electron chi connectivity index (χ0n) is 7.64. The fourth-order valence-electron chi connectivity index (χ4n) is 1.88. The summed E-state index contributed by atoms with van der Waals surface area (Å²) in [5.41, 5.74) is 5.59. The highest BCUT2D eigenvalue weighted by Gasteiger charge is 2.42. The van der Waals surface area contributed by atoms with E-state index in [1.165, 1.54) is 12.8 Å². The second kappa shape index (κ2) is 2.69. The fraction of sp³-hybridized carbons (Fsp3) is 1.00. The van der Waals surface area contributed by atoms with Crippen LogP contribution in [0, 0.1) is 0 Å². The molecule has 0 unspecified atom stereocenters. The maximum Gasteiger partial charge on any atom is 0.168 e. The molecule has 0 radical (unpaired) electrons. The minimum Gasteiger partial charge on any atom is -0.348 e. The van der Waals surface area contributed by atoms with Crippen LogP contribution in [0.2, 0.25) is 0 Å². The Morgan fingerprint density at radius 1 is 1.08 bits per heavy atom. The highest BCUT2D eigenvalue weighted by Crippen LogP contribution is 2.37. The van der Waals surface area contributed by atoms with Crippen molar-refractivity contribution in [2.24, 2.45) is 5.73 Å². The normalized spacial score (nSPS) is 32.5. The average Bonchev–Trinajstić information content (AvgIpc) is 2.46. The lowest BCUT2D eigenvalue weighted by Gasteiger charge is -2.41. The Bertz CT molecular complexity index is 161. The molecular weight excluding hydrogens is 154 g/mol. The van der Waals surface area contributed by atoms with E-state index in [0.717, 1.165) is 12.8 Å². The molecule has 0 aromatic rings. The van der Waals surface area contributed by atoms with Crippen molar-refractivity contribution >= 4 is 0 Å². The molecule has 0 aromatic heterocycles. The lowest BCUT2D eigenvalue weighted by molar-refractivity contribution is -0.280. The molecule has 3 nitrogen and oxygen atoms in total. The number of ether oxygens (including phenoxy) is 2. The van der Waals surface area contributed by atoms with Gasteiger partial charge < -0.3 is 15.2 Å². The monoisotopic (exact) mass is 171 g/mol. The van der Waals surface area contributed by atoms with Crippen LogP contribution in [0.1, 0.15) is 32.6 Å². The third kappa shape index (κ3) is 1.49. The molecule has 1 saturated carbocycles. The van der Waals surface area contributed by atoms with Crippen molar-refractivity contribution in [3.63, 3.8) is 0 Å². The molecule has 1 aliphatic carbocycles. The van der Waals surface area contributed by atoms with Gasteiger partial charge in [-0.2, -0.15) is 0 Å². The van der Waals surface area contributed by atoms with Gasteiger partial charge in [0.1, 0.15) is 0 Å². The van der Waals surface area contributed by atoms with Crippen LogP contribution < -0.4 is 5.73 Å². The maximum atomic E-state index is 5.88. The van der Waals surface area contributed by atoms with E-state index in [-0.39, 0.29) is 11.3 Å². The van der Waals surface area contributed by atoms with Gasteiger partial charge in [-0.1, -0.05) is 0 Å². The molecule has 0 amide bonds. The topological polar surface area (TPSA) is 44.5 Å². The first kappa shape index (κ1) is 8.48. The lowest BCUT2D eigenvalue weighted by Crippen LogP contribution is -2.55. The van der Waals surface area contributed by atoms with Gasteiger partial charge in [-0.3, -0.25) is 0 Å². The first-order chi connectivity index (χ1) is 5.62. The molecule has 2 N–H and O–H groups in total. The summed E-state index contributed by atoms with van der Waals surface area (Å²) in [6.45, 7) is 3.23. The van der Waals surface area contributed by atoms with Crippen molar-refractivity contribution in [2.75, 3.05) is 13.2 Å². The van der Waals surface area contributed by atoms with E-state index in [1.807, 2.05) is 6.92 Å². The largest absolute Gasteiger partial charge is 0.348 e. The average molecular weight is 171 g/mol. The van der Waals surface area contributed by atoms with Crippen molar-refractivity contribution in [1.29, 1.82) is 0 Å². The molecule has 2 aliphatic rings. The third-order valence-electron chi connectivity index (χ3n) is 2.70. The Balaban J connectivity index is 1.97. The molecule has 12 heavy (non-hydrogen) atoms. The van der Waals surface area contributed by atoms with Crippen LogP contribution >= 0.6 is 0 Å². The van der Waals surface area contributed by atoms with E-state index in [1.54, 1.807) is 0 Å². The minimum absolute atomic E-state index is 0.251. The van der Waals surface area contributed by atoms with Gasteiger partial charge in [-0.15, -0.1) is 0 Å². The SMILES string of the molecule is CC1(N)COC2(CCCC2)OC1. The molecule has 1 spiro atoms. The van der Waals surface area contributed by atoms with Gasteiger partial charge in [0, 0.05) is 12.8 Å². The summed E-state index contributed by atoms with van der Waals surface area (Å²) in [4.78, 5) is 0. The third-order valence-corrected chi connectivity index (χ3v) is 2.70. The van der Waals surface area contributed by atoms with Crippen molar-refractivity contribution in [3.05, 3.63) is 0 Å². The quantitative estimate of drug-likeness (QED) is 0.592. The number of hydrogen-bond acceptors (Lipinski definition) is 3. The summed E-state index contributed by atoms with van der Waals surface area (Å²) in [6.07, 6.45) is 4.54. The predicted octanol–water partition coefficient (Wildman–Crippen LogP) is 1.02. The van der Waals surface area contributed by atoms with Crippen LogP contribution in [0.4, 0.5) is 0 Å². The summed E-state index contributed by atoms with van der Waals surface area (Å²) in [5, 5.41) is 0. The van der Waals surface area contributed by atoms with Gasteiger partial charge in [-0.25, -0.2) is 0 Å². The van der Waals surface area contributed by atoms with Crippen molar-refractivity contribution in [3.8, 4) is 0 Å². The maximum absolute atomic E-state index is 5.88. The van der Waals surface area contributed by atoms with E-state index in [2.05, 4.69) is 0 Å². The molecule has 70 valence electrons. The molecule has 0 atom stereocenters. The van der Waals surface area contributed by atoms with E-state index in [9.17, 15) is 0 Å². The highest BCUT2D eigenvalue weighted by molar-refractivity contribution is 4.88. The fourth-order valence-corrected chi connectivity index (χ4v) is 1.88. The number of rotatable bonds is 0. The molecule has 2 fully saturated rings. The van der Waals surface area contributed by atoms with E-state index >= 15 is 0 Å². The molecule has 1 aliphatic heterocycles. The Kier molecular flexibility index (Phi) is 1.90. The second-order valence-corrected chi connectivity index (χ2v) is 4.35. The summed E-state index contributed by atoms with van der Waals surface area (Å²) in [5.74, 6) is -0.251. The van der Waals surface area contributed by atoms with Crippen LogP contribution in [0.5, 0.6) is 0 Å². The summed E-state index contributed by atoms with van der Waals surface area (Å²) < 4.78 is 11.4. The molecule has 1 saturated heterocycles. The van der Waals surface area contributed by atoms with E-state index < -0.39 is 0 Å². The van der Waals surface area contributed by atoms with Crippen LogP contribution in [0.3, 0.4) is 0 Å². The van der Waals surface area contributed by atoms with E-state index in [4.69, 9.17) is 15.2 Å². The number of hydrogen-bond donors (Lipinski definition) is 1. The molecule has 3 heteroatoms. The predicted molar refractivity (Wildman–Crippen MR) is 45.7 cm³/mol. The smallest absolute Gasteiger partial charge is 0.168 e. The van der Waals surface area contributed by atoms with E-state index in [0.29, 0.717) is 13.2 Å². The molecule has 2 rings (SSSR count). The first-order valence-corrected chi connectivity index (χ1v) is 4.69. The standard InChI is InChI=1S/C9H17NO2/c1-8(10)6-11-9(12-7-8)4-2-3-5-9/h2-7,10H2,1H3. The Labute approximate surface area is 73.2 Å². The van der Waals surface area contributed by atoms with Crippen molar-refractivity contribution in [1.82, 2.24) is 0 Å². The van der Waals surface area contributed by atoms with Crippen LogP contribution in [-0.4, -0.2) is 24.5 Å². The lowest BCUT2D eigenvalue weighted by atomic mass is 10.0. The Morgan fingerprint density at radius 3 is 2.08 bits per heavy atom. The first-order valence-electron chi connectivity index (χ1n) is 4.69. The zero-order chi connectivity index (χ0) is 8.66. The summed E-state index contributed by atoms with van der Waals surface area (Å²) in [6, 6.07) is 0. The van der Waals surface area contributed by atoms with Crippen molar-refractivity contribution in [2.45, 2.75) is 43.9 Å². The van der Waals surface area contributed by atoms with Crippen LogP contribution in [0.25, 0.3) is 0 Å². The molecule has 0 aromatic carbocycles. The summed E-state index contributed by atoms with van der Waals surface area (Å²) in [7, 11) is 0.